The molecule has 0 aromatic carbocycles. The fourth-order valence-electron chi connectivity index (χ4n) is 4.59. The molecule has 1 N–H and O–H groups in total. The molecule has 5 nitrogen and oxygen atoms in total. The summed E-state index contributed by atoms with van der Waals surface area (Å²) in [6, 6.07) is 0. The Morgan fingerprint density at radius 3 is 2.33 bits per heavy atom. The normalized spacial score (nSPS) is 26.6. The van der Waals surface area contributed by atoms with Gasteiger partial charge in [-0.2, -0.15) is 0 Å². The number of likely N-dealkylation sites (tertiary alicyclic amines) is 1. The van der Waals surface area contributed by atoms with Crippen molar-refractivity contribution in [2.45, 2.75) is 39.5 Å². The second kappa shape index (κ2) is 8.05. The van der Waals surface area contributed by atoms with Gasteiger partial charge in [0.05, 0.1) is 0 Å². The number of guanidine groups is 1. The van der Waals surface area contributed by atoms with Crippen LogP contribution in [-0.4, -0.2) is 86.6 Å². The van der Waals surface area contributed by atoms with Crippen LogP contribution in [0.2, 0.25) is 0 Å². The van der Waals surface area contributed by atoms with E-state index in [9.17, 15) is 0 Å². The van der Waals surface area contributed by atoms with Gasteiger partial charge in [0.15, 0.2) is 5.96 Å². The Morgan fingerprint density at radius 1 is 1.08 bits per heavy atom. The maximum absolute atomic E-state index is 4.54. The van der Waals surface area contributed by atoms with Gasteiger partial charge in [-0.3, -0.25) is 4.99 Å². The fourth-order valence-corrected chi connectivity index (χ4v) is 4.59. The first kappa shape index (κ1) is 18.0. The molecular weight excluding hydrogens is 298 g/mol. The quantitative estimate of drug-likeness (QED) is 0.613. The van der Waals surface area contributed by atoms with Crippen LogP contribution in [0.15, 0.2) is 4.99 Å². The summed E-state index contributed by atoms with van der Waals surface area (Å²) in [7, 11) is 1.93. The van der Waals surface area contributed by atoms with E-state index in [1.54, 1.807) is 0 Å². The molecule has 1 saturated carbocycles. The maximum Gasteiger partial charge on any atom is 0.193 e. The Labute approximate surface area is 148 Å². The zero-order valence-electron chi connectivity index (χ0n) is 16.1. The van der Waals surface area contributed by atoms with E-state index in [-0.39, 0.29) is 0 Å². The highest BCUT2D eigenvalue weighted by Gasteiger charge is 2.43. The van der Waals surface area contributed by atoms with Crippen LogP contribution in [0.3, 0.4) is 0 Å². The van der Waals surface area contributed by atoms with Crippen molar-refractivity contribution in [1.82, 2.24) is 20.0 Å². The average molecular weight is 336 g/mol. The van der Waals surface area contributed by atoms with Gasteiger partial charge in [0.1, 0.15) is 0 Å². The Balaban J connectivity index is 1.38. The standard InChI is InChI=1S/C19H37N5/c1-4-22-10-12-23(13-11-22)15-17(2)14-21-18(20-3)24-9-8-19(16-24)6-5-7-19/h17H,4-16H2,1-3H3,(H,20,21). The minimum atomic E-state index is 0.641. The molecule has 24 heavy (non-hydrogen) atoms. The van der Waals surface area contributed by atoms with Crippen molar-refractivity contribution in [3.63, 3.8) is 0 Å². The summed E-state index contributed by atoms with van der Waals surface area (Å²) in [4.78, 5) is 12.2. The van der Waals surface area contributed by atoms with Crippen molar-refractivity contribution in [1.29, 1.82) is 0 Å². The second-order valence-electron chi connectivity index (χ2n) is 8.29. The largest absolute Gasteiger partial charge is 0.356 e. The molecule has 0 radical (unpaired) electrons. The third-order valence-corrected chi connectivity index (χ3v) is 6.45. The first-order chi connectivity index (χ1) is 11.6. The lowest BCUT2D eigenvalue weighted by molar-refractivity contribution is 0.124. The van der Waals surface area contributed by atoms with Crippen LogP contribution < -0.4 is 5.32 Å². The Kier molecular flexibility index (Phi) is 6.03. The average Bonchev–Trinajstić information content (AvgIpc) is 3.02. The zero-order chi connectivity index (χ0) is 17.0. The molecule has 3 aliphatic rings. The van der Waals surface area contributed by atoms with Crippen molar-refractivity contribution >= 4 is 5.96 Å². The minimum absolute atomic E-state index is 0.641. The van der Waals surface area contributed by atoms with Crippen LogP contribution in [0.25, 0.3) is 0 Å². The summed E-state index contributed by atoms with van der Waals surface area (Å²) >= 11 is 0. The molecule has 0 bridgehead atoms. The van der Waals surface area contributed by atoms with E-state index < -0.39 is 0 Å². The Morgan fingerprint density at radius 2 is 1.79 bits per heavy atom. The first-order valence-corrected chi connectivity index (χ1v) is 10.0. The van der Waals surface area contributed by atoms with Gasteiger partial charge in [-0.1, -0.05) is 20.3 Å². The van der Waals surface area contributed by atoms with Gasteiger partial charge in [0.2, 0.25) is 0 Å². The highest BCUT2D eigenvalue weighted by molar-refractivity contribution is 5.80. The predicted octanol–water partition coefficient (Wildman–Crippen LogP) is 1.71. The number of likely N-dealkylation sites (N-methyl/N-ethyl adjacent to an activating group) is 1. The van der Waals surface area contributed by atoms with E-state index in [2.05, 4.69) is 38.9 Å². The third kappa shape index (κ3) is 4.23. The number of aliphatic imine (C=N–C) groups is 1. The smallest absolute Gasteiger partial charge is 0.193 e. The Hall–Kier alpha value is -0.810. The third-order valence-electron chi connectivity index (χ3n) is 6.45. The Bertz CT molecular complexity index is 423. The number of piperazine rings is 1. The fraction of sp³-hybridized carbons (Fsp3) is 0.947. The van der Waals surface area contributed by atoms with E-state index in [1.807, 2.05) is 7.05 Å². The van der Waals surface area contributed by atoms with Gasteiger partial charge in [-0.15, -0.1) is 0 Å². The molecule has 1 unspecified atom stereocenters. The van der Waals surface area contributed by atoms with Crippen molar-refractivity contribution in [2.75, 3.05) is 66.0 Å². The molecule has 3 rings (SSSR count). The van der Waals surface area contributed by atoms with E-state index in [0.717, 1.165) is 12.5 Å². The summed E-state index contributed by atoms with van der Waals surface area (Å²) in [5.74, 6) is 1.79. The number of rotatable bonds is 5. The number of nitrogens with one attached hydrogen (secondary N) is 1. The highest BCUT2D eigenvalue weighted by atomic mass is 15.3. The summed E-state index contributed by atoms with van der Waals surface area (Å²) in [5.41, 5.74) is 0.641. The number of hydrogen-bond donors (Lipinski definition) is 1. The van der Waals surface area contributed by atoms with Crippen LogP contribution >= 0.6 is 0 Å². The van der Waals surface area contributed by atoms with Gasteiger partial charge in [0.25, 0.3) is 0 Å². The molecular formula is C19H37N5. The van der Waals surface area contributed by atoms with Crippen molar-refractivity contribution in [3.8, 4) is 0 Å². The summed E-state index contributed by atoms with van der Waals surface area (Å²) < 4.78 is 0. The summed E-state index contributed by atoms with van der Waals surface area (Å²) in [6.07, 6.45) is 5.66. The van der Waals surface area contributed by atoms with Crippen LogP contribution in [0.1, 0.15) is 39.5 Å². The molecule has 0 amide bonds. The van der Waals surface area contributed by atoms with E-state index in [1.165, 1.54) is 78.0 Å². The predicted molar refractivity (Wildman–Crippen MR) is 102 cm³/mol. The van der Waals surface area contributed by atoms with Crippen LogP contribution in [-0.2, 0) is 0 Å². The first-order valence-electron chi connectivity index (χ1n) is 10.0. The molecule has 0 aromatic heterocycles. The molecule has 5 heteroatoms. The van der Waals surface area contributed by atoms with Crippen LogP contribution in [0.4, 0.5) is 0 Å². The molecule has 138 valence electrons. The van der Waals surface area contributed by atoms with E-state index >= 15 is 0 Å². The van der Waals surface area contributed by atoms with Gasteiger partial charge < -0.3 is 20.0 Å². The van der Waals surface area contributed by atoms with E-state index in [0.29, 0.717) is 11.3 Å². The lowest BCUT2D eigenvalue weighted by Gasteiger charge is -2.38. The number of nitrogens with zero attached hydrogens (tertiary/aromatic N) is 4. The minimum Gasteiger partial charge on any atom is -0.356 e. The molecule has 0 aromatic rings. The van der Waals surface area contributed by atoms with Gasteiger partial charge >= 0.3 is 0 Å². The van der Waals surface area contributed by atoms with Crippen molar-refractivity contribution < 1.29 is 0 Å². The second-order valence-corrected chi connectivity index (χ2v) is 8.29. The topological polar surface area (TPSA) is 34.1 Å². The van der Waals surface area contributed by atoms with Gasteiger partial charge in [-0.25, -0.2) is 0 Å². The van der Waals surface area contributed by atoms with Gasteiger partial charge in [0, 0.05) is 59.4 Å². The summed E-state index contributed by atoms with van der Waals surface area (Å²) in [5, 5.41) is 3.65. The van der Waals surface area contributed by atoms with Crippen molar-refractivity contribution in [2.24, 2.45) is 16.3 Å². The molecule has 1 aliphatic carbocycles. The molecule has 2 heterocycles. The molecule has 2 aliphatic heterocycles. The molecule has 2 saturated heterocycles. The zero-order valence-corrected chi connectivity index (χ0v) is 16.1. The maximum atomic E-state index is 4.54. The highest BCUT2D eigenvalue weighted by Crippen LogP contribution is 2.47. The monoisotopic (exact) mass is 335 g/mol. The molecule has 1 atom stereocenters. The van der Waals surface area contributed by atoms with Crippen LogP contribution in [0, 0.1) is 11.3 Å². The van der Waals surface area contributed by atoms with E-state index in [4.69, 9.17) is 0 Å². The SMILES string of the molecule is CCN1CCN(CC(C)CNC(=NC)N2CCC3(CCC3)C2)CC1. The summed E-state index contributed by atoms with van der Waals surface area (Å²) in [6.45, 7) is 15.4. The number of hydrogen-bond acceptors (Lipinski definition) is 3. The lowest BCUT2D eigenvalue weighted by Crippen LogP contribution is -2.49. The molecule has 3 fully saturated rings. The van der Waals surface area contributed by atoms with Gasteiger partial charge in [-0.05, 0) is 37.1 Å². The van der Waals surface area contributed by atoms with Crippen LogP contribution in [0.5, 0.6) is 0 Å². The van der Waals surface area contributed by atoms with Crippen molar-refractivity contribution in [3.05, 3.63) is 0 Å². The lowest BCUT2D eigenvalue weighted by atomic mass is 9.68. The molecule has 1 spiro atoms.